The van der Waals surface area contributed by atoms with Gasteiger partial charge in [0.25, 0.3) is 5.91 Å². The molecule has 0 bridgehead atoms. The highest BCUT2D eigenvalue weighted by atomic mass is 16.5. The highest BCUT2D eigenvalue weighted by Gasteiger charge is 2.17. The second-order valence-corrected chi connectivity index (χ2v) is 6.96. The Bertz CT molecular complexity index is 1260. The Kier molecular flexibility index (Phi) is 5.36. The van der Waals surface area contributed by atoms with Crippen molar-refractivity contribution in [2.75, 3.05) is 24.4 Å². The van der Waals surface area contributed by atoms with Gasteiger partial charge in [-0.25, -0.2) is 9.78 Å². The summed E-state index contributed by atoms with van der Waals surface area (Å²) in [5, 5.41) is 2.62. The van der Waals surface area contributed by atoms with E-state index in [9.17, 15) is 9.59 Å². The molecule has 3 heterocycles. The summed E-state index contributed by atoms with van der Waals surface area (Å²) in [6, 6.07) is 14.5. The molecule has 0 aliphatic heterocycles. The van der Waals surface area contributed by atoms with Gasteiger partial charge in [0, 0.05) is 30.7 Å². The van der Waals surface area contributed by atoms with Crippen LogP contribution < -0.4 is 10.2 Å². The van der Waals surface area contributed by atoms with Crippen LogP contribution in [0.1, 0.15) is 16.1 Å². The quantitative estimate of drug-likeness (QED) is 0.541. The predicted molar refractivity (Wildman–Crippen MR) is 118 cm³/mol. The molecule has 0 atom stereocenters. The minimum Gasteiger partial charge on any atom is -0.453 e. The van der Waals surface area contributed by atoms with Crippen molar-refractivity contribution in [3.8, 4) is 11.3 Å². The molecule has 0 saturated heterocycles. The van der Waals surface area contributed by atoms with E-state index in [-0.39, 0.29) is 5.91 Å². The molecule has 0 aliphatic rings. The summed E-state index contributed by atoms with van der Waals surface area (Å²) in [4.78, 5) is 34.7. The Morgan fingerprint density at radius 3 is 2.55 bits per heavy atom. The molecule has 31 heavy (non-hydrogen) atoms. The number of carbonyl (C=O) groups is 2. The van der Waals surface area contributed by atoms with Crippen LogP contribution in [0.15, 0.2) is 67.1 Å². The zero-order chi connectivity index (χ0) is 22.0. The molecule has 3 aromatic heterocycles. The standard InChI is InChI=1S/C23H21N5O3/c1-15-19(5-4-12-24-15)27(2)22(29)17-8-11-21-25-13-20(28(21)14-17)16-6-9-18(10-7-16)26-23(30)31-3/h4-14H,1-3H3,(H,26,30). The normalized spacial score (nSPS) is 10.7. The van der Waals surface area contributed by atoms with E-state index in [4.69, 9.17) is 0 Å². The number of imidazole rings is 1. The molecule has 0 unspecified atom stereocenters. The van der Waals surface area contributed by atoms with Gasteiger partial charge in [-0.05, 0) is 43.3 Å². The van der Waals surface area contributed by atoms with Gasteiger partial charge in [-0.15, -0.1) is 0 Å². The Morgan fingerprint density at radius 2 is 1.84 bits per heavy atom. The molecule has 156 valence electrons. The smallest absolute Gasteiger partial charge is 0.411 e. The van der Waals surface area contributed by atoms with Crippen molar-refractivity contribution in [3.05, 3.63) is 78.4 Å². The van der Waals surface area contributed by atoms with Crippen LogP contribution in [0.3, 0.4) is 0 Å². The fourth-order valence-corrected chi connectivity index (χ4v) is 3.35. The Morgan fingerprint density at radius 1 is 1.06 bits per heavy atom. The third-order valence-electron chi connectivity index (χ3n) is 5.01. The predicted octanol–water partition coefficient (Wildman–Crippen LogP) is 4.16. The summed E-state index contributed by atoms with van der Waals surface area (Å²) in [6.45, 7) is 1.87. The van der Waals surface area contributed by atoms with Crippen LogP contribution >= 0.6 is 0 Å². The number of fused-ring (bicyclic) bond motifs is 1. The van der Waals surface area contributed by atoms with Gasteiger partial charge in [-0.2, -0.15) is 0 Å². The third-order valence-corrected chi connectivity index (χ3v) is 5.01. The second kappa shape index (κ2) is 8.27. The number of rotatable bonds is 4. The molecular formula is C23H21N5O3. The van der Waals surface area contributed by atoms with Crippen molar-refractivity contribution in [2.45, 2.75) is 6.92 Å². The Balaban J connectivity index is 1.66. The van der Waals surface area contributed by atoms with Crippen LogP contribution in [-0.4, -0.2) is 40.5 Å². The van der Waals surface area contributed by atoms with Crippen LogP contribution in [-0.2, 0) is 4.74 Å². The number of ether oxygens (including phenoxy) is 1. The van der Waals surface area contributed by atoms with Gasteiger partial charge in [0.2, 0.25) is 0 Å². The largest absolute Gasteiger partial charge is 0.453 e. The number of carbonyl (C=O) groups excluding carboxylic acids is 2. The summed E-state index contributed by atoms with van der Waals surface area (Å²) < 4.78 is 6.48. The minimum absolute atomic E-state index is 0.143. The van der Waals surface area contributed by atoms with E-state index in [1.165, 1.54) is 7.11 Å². The van der Waals surface area contributed by atoms with E-state index in [2.05, 4.69) is 20.0 Å². The average molecular weight is 415 g/mol. The van der Waals surface area contributed by atoms with Crippen molar-refractivity contribution in [1.82, 2.24) is 14.4 Å². The highest BCUT2D eigenvalue weighted by Crippen LogP contribution is 2.24. The zero-order valence-electron chi connectivity index (χ0n) is 17.4. The van der Waals surface area contributed by atoms with Crippen LogP contribution in [0.25, 0.3) is 16.9 Å². The molecule has 1 N–H and O–H groups in total. The van der Waals surface area contributed by atoms with Crippen molar-refractivity contribution >= 4 is 29.0 Å². The van der Waals surface area contributed by atoms with Crippen molar-refractivity contribution in [3.63, 3.8) is 0 Å². The molecule has 2 amide bonds. The summed E-state index contributed by atoms with van der Waals surface area (Å²) in [5.41, 5.74) is 5.13. The number of methoxy groups -OCH3 is 1. The number of amides is 2. The first kappa shape index (κ1) is 20.1. The molecule has 0 radical (unpaired) electrons. The molecule has 8 nitrogen and oxygen atoms in total. The molecule has 8 heteroatoms. The number of pyridine rings is 2. The monoisotopic (exact) mass is 415 g/mol. The van der Waals surface area contributed by atoms with Crippen LogP contribution in [0, 0.1) is 6.92 Å². The van der Waals surface area contributed by atoms with Crippen LogP contribution in [0.2, 0.25) is 0 Å². The van der Waals surface area contributed by atoms with Crippen molar-refractivity contribution < 1.29 is 14.3 Å². The Hall–Kier alpha value is -4.20. The van der Waals surface area contributed by atoms with Crippen molar-refractivity contribution in [1.29, 1.82) is 0 Å². The van der Waals surface area contributed by atoms with E-state index in [0.29, 0.717) is 11.3 Å². The Labute approximate surface area is 179 Å². The lowest BCUT2D eigenvalue weighted by molar-refractivity contribution is 0.0992. The molecule has 4 aromatic rings. The van der Waals surface area contributed by atoms with Gasteiger partial charge in [0.05, 0.1) is 35.9 Å². The maximum atomic E-state index is 13.1. The van der Waals surface area contributed by atoms with Gasteiger partial charge in [-0.1, -0.05) is 12.1 Å². The second-order valence-electron chi connectivity index (χ2n) is 6.96. The summed E-state index contributed by atoms with van der Waals surface area (Å²) in [5.74, 6) is -0.143. The highest BCUT2D eigenvalue weighted by molar-refractivity contribution is 6.06. The topological polar surface area (TPSA) is 88.8 Å². The summed E-state index contributed by atoms with van der Waals surface area (Å²) >= 11 is 0. The number of aromatic nitrogens is 3. The molecule has 0 spiro atoms. The number of hydrogen-bond acceptors (Lipinski definition) is 5. The van der Waals surface area contributed by atoms with Crippen molar-refractivity contribution in [2.24, 2.45) is 0 Å². The first-order chi connectivity index (χ1) is 15.0. The molecule has 0 fully saturated rings. The lowest BCUT2D eigenvalue weighted by Gasteiger charge is -2.19. The SMILES string of the molecule is COC(=O)Nc1ccc(-c2cnc3ccc(C(=O)N(C)c4cccnc4C)cn23)cc1. The summed E-state index contributed by atoms with van der Waals surface area (Å²) in [7, 11) is 3.05. The summed E-state index contributed by atoms with van der Waals surface area (Å²) in [6.07, 6.45) is 4.70. The molecule has 0 aliphatic carbocycles. The average Bonchev–Trinajstić information content (AvgIpc) is 3.22. The number of hydrogen-bond donors (Lipinski definition) is 1. The van der Waals surface area contributed by atoms with Gasteiger partial charge in [0.15, 0.2) is 0 Å². The van der Waals surface area contributed by atoms with E-state index in [1.54, 1.807) is 48.7 Å². The van der Waals surface area contributed by atoms with Gasteiger partial charge in [-0.3, -0.25) is 19.5 Å². The lowest BCUT2D eigenvalue weighted by atomic mass is 10.1. The van der Waals surface area contributed by atoms with Gasteiger partial charge in [0.1, 0.15) is 5.65 Å². The maximum Gasteiger partial charge on any atom is 0.411 e. The molecular weight excluding hydrogens is 394 g/mol. The first-order valence-electron chi connectivity index (χ1n) is 9.60. The number of nitrogens with zero attached hydrogens (tertiary/aromatic N) is 4. The number of anilines is 2. The first-order valence-corrected chi connectivity index (χ1v) is 9.60. The zero-order valence-corrected chi connectivity index (χ0v) is 17.4. The van der Waals surface area contributed by atoms with Crippen LogP contribution in [0.5, 0.6) is 0 Å². The van der Waals surface area contributed by atoms with E-state index < -0.39 is 6.09 Å². The fourth-order valence-electron chi connectivity index (χ4n) is 3.35. The third kappa shape index (κ3) is 3.95. The minimum atomic E-state index is -0.529. The van der Waals surface area contributed by atoms with E-state index >= 15 is 0 Å². The number of aryl methyl sites for hydroxylation is 1. The van der Waals surface area contributed by atoms with Crippen LogP contribution in [0.4, 0.5) is 16.2 Å². The molecule has 1 aromatic carbocycles. The lowest BCUT2D eigenvalue weighted by Crippen LogP contribution is -2.27. The maximum absolute atomic E-state index is 13.1. The van der Waals surface area contributed by atoms with E-state index in [1.807, 2.05) is 41.7 Å². The number of nitrogens with one attached hydrogen (secondary N) is 1. The van der Waals surface area contributed by atoms with Gasteiger partial charge < -0.3 is 9.64 Å². The molecule has 0 saturated carbocycles. The van der Waals surface area contributed by atoms with E-state index in [0.717, 1.165) is 28.3 Å². The molecule has 4 rings (SSSR count). The van der Waals surface area contributed by atoms with Gasteiger partial charge >= 0.3 is 6.09 Å². The number of benzene rings is 1. The fraction of sp³-hybridized carbons (Fsp3) is 0.130.